The first-order valence-electron chi connectivity index (χ1n) is 7.11. The predicted molar refractivity (Wildman–Crippen MR) is 91.7 cm³/mol. The van der Waals surface area contributed by atoms with Gasteiger partial charge in [-0.3, -0.25) is 0 Å². The van der Waals surface area contributed by atoms with Gasteiger partial charge in [0, 0.05) is 0 Å². The number of aryl methyl sites for hydroxylation is 1. The van der Waals surface area contributed by atoms with E-state index < -0.39 is 30.2 Å². The average molecular weight is 449 g/mol. The van der Waals surface area contributed by atoms with Crippen LogP contribution < -0.4 is 8.90 Å². The second-order valence-corrected chi connectivity index (χ2v) is 21.2. The van der Waals surface area contributed by atoms with Gasteiger partial charge in [0.2, 0.25) is 0 Å². The van der Waals surface area contributed by atoms with Gasteiger partial charge in [0.05, 0.1) is 0 Å². The number of alkyl halides is 3. The maximum atomic E-state index is 13.0. The van der Waals surface area contributed by atoms with Crippen LogP contribution >= 0.6 is 11.6 Å². The number of pyridine rings is 1. The molecule has 124 valence electrons. The van der Waals surface area contributed by atoms with Crippen molar-refractivity contribution in [2.24, 2.45) is 0 Å². The fraction of sp³-hybridized carbons (Fsp3) is 0.312. The summed E-state index contributed by atoms with van der Waals surface area (Å²) in [5.41, 5.74) is 0.516. The molecule has 0 fully saturated rings. The van der Waals surface area contributed by atoms with Gasteiger partial charge in [-0.25, -0.2) is 0 Å². The molecule has 0 unspecified atom stereocenters. The first-order chi connectivity index (χ1) is 10.5. The van der Waals surface area contributed by atoms with Crippen LogP contribution in [0, 0.1) is 6.92 Å². The van der Waals surface area contributed by atoms with E-state index >= 15 is 0 Å². The Labute approximate surface area is 142 Å². The van der Waals surface area contributed by atoms with E-state index in [-0.39, 0.29) is 5.82 Å². The molecule has 0 aliphatic heterocycles. The Morgan fingerprint density at radius 2 is 1.74 bits per heavy atom. The van der Waals surface area contributed by atoms with Crippen molar-refractivity contribution < 1.29 is 13.2 Å². The zero-order valence-corrected chi connectivity index (χ0v) is 17.0. The summed E-state index contributed by atoms with van der Waals surface area (Å²) in [6.45, 7) is 1.84. The zero-order chi connectivity index (χ0) is 17.4. The van der Waals surface area contributed by atoms with E-state index in [0.717, 1.165) is 15.2 Å². The number of hydrogen-bond acceptors (Lipinski definition) is 2. The zero-order valence-electron chi connectivity index (χ0n) is 13.3. The monoisotopic (exact) mass is 450 g/mol. The Balaban J connectivity index is 2.56. The van der Waals surface area contributed by atoms with Gasteiger partial charge >= 0.3 is 143 Å². The van der Waals surface area contributed by atoms with Gasteiger partial charge in [-0.05, 0) is 0 Å². The second kappa shape index (κ2) is 6.51. The second-order valence-electron chi connectivity index (χ2n) is 6.40. The normalized spacial score (nSPS) is 12.3. The predicted octanol–water partition coefficient (Wildman–Crippen LogP) is 5.35. The summed E-state index contributed by atoms with van der Waals surface area (Å²) in [5.74, 6) is 0.260. The molecular formula is C16H18ClF3N2Sn. The standard InChI is InChI=1S/C13H9ClF3N2.3CH3.Sn/c1-8-4-2-5-9(12(8)14)18-11-7-3-6-10(19-11)13(15,16)17;;;;/h2-6H,1H3,(H,18,19);3*1H3;. The number of halogens is 4. The van der Waals surface area contributed by atoms with Crippen molar-refractivity contribution in [3.05, 3.63) is 46.6 Å². The maximum absolute atomic E-state index is 13.0. The number of hydrogen-bond donors (Lipinski definition) is 1. The van der Waals surface area contributed by atoms with E-state index in [2.05, 4.69) is 25.1 Å². The molecule has 1 heterocycles. The van der Waals surface area contributed by atoms with Gasteiger partial charge in [-0.15, -0.1) is 0 Å². The van der Waals surface area contributed by atoms with Crippen molar-refractivity contribution >= 4 is 45.1 Å². The van der Waals surface area contributed by atoms with Crippen LogP contribution in [0.25, 0.3) is 0 Å². The van der Waals surface area contributed by atoms with Crippen LogP contribution in [0.1, 0.15) is 11.3 Å². The van der Waals surface area contributed by atoms with Crippen LogP contribution in [-0.2, 0) is 6.18 Å². The van der Waals surface area contributed by atoms with Crippen LogP contribution in [0.3, 0.4) is 0 Å². The number of nitrogens with one attached hydrogen (secondary N) is 1. The Morgan fingerprint density at radius 3 is 2.30 bits per heavy atom. The molecule has 1 aromatic carbocycles. The third kappa shape index (κ3) is 4.32. The minimum absolute atomic E-state index is 0.260. The number of rotatable bonds is 3. The molecule has 2 aromatic rings. The van der Waals surface area contributed by atoms with E-state index in [9.17, 15) is 13.2 Å². The fourth-order valence-electron chi connectivity index (χ4n) is 2.19. The Morgan fingerprint density at radius 1 is 1.09 bits per heavy atom. The molecule has 23 heavy (non-hydrogen) atoms. The van der Waals surface area contributed by atoms with Gasteiger partial charge in [0.15, 0.2) is 0 Å². The van der Waals surface area contributed by atoms with E-state index in [1.54, 1.807) is 18.2 Å². The molecule has 1 N–H and O–H groups in total. The van der Waals surface area contributed by atoms with E-state index in [1.807, 2.05) is 13.0 Å². The van der Waals surface area contributed by atoms with Crippen LogP contribution in [-0.4, -0.2) is 23.4 Å². The molecule has 0 aliphatic carbocycles. The van der Waals surface area contributed by atoms with E-state index in [4.69, 9.17) is 11.6 Å². The number of benzene rings is 1. The summed E-state index contributed by atoms with van der Waals surface area (Å²) in [4.78, 5) is 10.2. The third-order valence-electron chi connectivity index (χ3n) is 3.44. The number of nitrogens with zero attached hydrogens (tertiary/aromatic N) is 1. The Bertz CT molecular complexity index is 724. The van der Waals surface area contributed by atoms with Gasteiger partial charge < -0.3 is 0 Å². The molecule has 0 saturated carbocycles. The Hall–Kier alpha value is -0.951. The molecule has 2 rings (SSSR count). The third-order valence-corrected chi connectivity index (χ3v) is 9.70. The number of anilines is 2. The number of aromatic nitrogens is 1. The molecule has 0 bridgehead atoms. The van der Waals surface area contributed by atoms with Crippen molar-refractivity contribution in [3.8, 4) is 0 Å². The SMILES string of the molecule is Cc1cccc(Nc2nc(C(F)(F)F)cc[c]2[Sn]([CH3])([CH3])[CH3])c1Cl. The van der Waals surface area contributed by atoms with Crippen molar-refractivity contribution in [2.75, 3.05) is 5.32 Å². The topological polar surface area (TPSA) is 24.9 Å². The fourth-order valence-corrected chi connectivity index (χ4v) is 6.39. The molecule has 0 saturated heterocycles. The van der Waals surface area contributed by atoms with Gasteiger partial charge in [0.1, 0.15) is 0 Å². The average Bonchev–Trinajstić information content (AvgIpc) is 2.41. The van der Waals surface area contributed by atoms with Crippen molar-refractivity contribution in [3.63, 3.8) is 0 Å². The molecule has 1 aromatic heterocycles. The molecule has 0 radical (unpaired) electrons. The van der Waals surface area contributed by atoms with Crippen LogP contribution in [0.15, 0.2) is 30.3 Å². The summed E-state index contributed by atoms with van der Waals surface area (Å²) in [6, 6.07) is 7.99. The van der Waals surface area contributed by atoms with Crippen LogP contribution in [0.4, 0.5) is 24.7 Å². The first kappa shape index (κ1) is 18.4. The molecule has 7 heteroatoms. The van der Waals surface area contributed by atoms with Crippen molar-refractivity contribution in [1.29, 1.82) is 0 Å². The molecule has 0 spiro atoms. The summed E-state index contributed by atoms with van der Waals surface area (Å²) < 4.78 is 39.8. The Kier molecular flexibility index (Phi) is 5.21. The van der Waals surface area contributed by atoms with Gasteiger partial charge in [-0.1, -0.05) is 0 Å². The summed E-state index contributed by atoms with van der Waals surface area (Å²) in [7, 11) is 0. The van der Waals surface area contributed by atoms with Gasteiger partial charge in [0.25, 0.3) is 0 Å². The summed E-state index contributed by atoms with van der Waals surface area (Å²) >= 11 is 3.59. The van der Waals surface area contributed by atoms with Crippen molar-refractivity contribution in [2.45, 2.75) is 27.9 Å². The van der Waals surface area contributed by atoms with Crippen LogP contribution in [0.5, 0.6) is 0 Å². The van der Waals surface area contributed by atoms with E-state index in [1.165, 1.54) is 0 Å². The first-order valence-corrected chi connectivity index (χ1v) is 17.5. The van der Waals surface area contributed by atoms with Crippen LogP contribution in [0.2, 0.25) is 19.8 Å². The molecule has 2 nitrogen and oxygen atoms in total. The van der Waals surface area contributed by atoms with Crippen molar-refractivity contribution in [1.82, 2.24) is 4.98 Å². The molecule has 0 amide bonds. The summed E-state index contributed by atoms with van der Waals surface area (Å²) in [5, 5.41) is 3.50. The summed E-state index contributed by atoms with van der Waals surface area (Å²) in [6.07, 6.45) is -4.47. The van der Waals surface area contributed by atoms with Gasteiger partial charge in [-0.2, -0.15) is 0 Å². The molecular weight excluding hydrogens is 431 g/mol. The molecule has 0 atom stereocenters. The minimum atomic E-state index is -4.47. The molecule has 0 aliphatic rings. The van der Waals surface area contributed by atoms with E-state index in [0.29, 0.717) is 10.7 Å². The quantitative estimate of drug-likeness (QED) is 0.639.